The largest absolute Gasteiger partial charge is 0.242 e. The normalized spacial score (nSPS) is 11.7. The van der Waals surface area contributed by atoms with E-state index in [-0.39, 0.29) is 13.4 Å². The van der Waals surface area contributed by atoms with E-state index in [2.05, 4.69) is 258 Å². The topological polar surface area (TPSA) is 0 Å². The van der Waals surface area contributed by atoms with Crippen LogP contribution in [0, 0.1) is 125 Å². The van der Waals surface area contributed by atoms with Gasteiger partial charge in [0.05, 0.1) is 0 Å². The molecule has 0 saturated carbocycles. The Morgan fingerprint density at radius 1 is 0.205 bits per heavy atom. The minimum atomic E-state index is -0.0308. The Morgan fingerprint density at radius 2 is 0.423 bits per heavy atom. The lowest BCUT2D eigenvalue weighted by Gasteiger charge is -2.31. The van der Waals surface area contributed by atoms with Crippen LogP contribution in [0.1, 0.15) is 100 Å². The molecule has 0 spiro atoms. The first kappa shape index (κ1) is 52.6. The van der Waals surface area contributed by atoms with Gasteiger partial charge in [0, 0.05) is 0 Å². The van der Waals surface area contributed by atoms with Crippen LogP contribution in [0.4, 0.5) is 0 Å². The minimum absolute atomic E-state index is 0.0308. The molecule has 0 unspecified atom stereocenters. The molecule has 11 aromatic rings. The second kappa shape index (κ2) is 19.8. The summed E-state index contributed by atoms with van der Waals surface area (Å²) in [5.74, 6) is 0. The predicted molar refractivity (Wildman–Crippen MR) is 348 cm³/mol. The summed E-state index contributed by atoms with van der Waals surface area (Å²) < 4.78 is 0. The van der Waals surface area contributed by atoms with E-state index in [0.717, 1.165) is 0 Å². The zero-order chi connectivity index (χ0) is 55.5. The van der Waals surface area contributed by atoms with E-state index in [4.69, 9.17) is 0 Å². The van der Waals surface area contributed by atoms with Gasteiger partial charge in [-0.3, -0.25) is 0 Å². The molecule has 0 bridgehead atoms. The first-order valence-corrected chi connectivity index (χ1v) is 28.5. The van der Waals surface area contributed by atoms with Gasteiger partial charge in [-0.1, -0.05) is 199 Å². The molecule has 2 heteroatoms. The number of rotatable bonds is 8. The Labute approximate surface area is 467 Å². The second-order valence-electron chi connectivity index (χ2n) is 23.6. The van der Waals surface area contributed by atoms with Crippen molar-refractivity contribution in [2.45, 2.75) is 125 Å². The molecule has 11 aromatic carbocycles. The van der Waals surface area contributed by atoms with Gasteiger partial charge in [0.1, 0.15) is 0 Å². The zero-order valence-corrected chi connectivity index (χ0v) is 49.9. The quantitative estimate of drug-likeness (QED) is 0.105. The number of benzene rings is 11. The number of hydrogen-bond donors (Lipinski definition) is 0. The molecule has 11 rings (SSSR count). The lowest BCUT2D eigenvalue weighted by Crippen LogP contribution is -2.58. The molecule has 0 fully saturated rings. The summed E-state index contributed by atoms with van der Waals surface area (Å²) in [6.45, 7) is 42.8. The van der Waals surface area contributed by atoms with Gasteiger partial charge >= 0.3 is 0 Å². The van der Waals surface area contributed by atoms with Crippen LogP contribution >= 0.6 is 0 Å². The van der Waals surface area contributed by atoms with Gasteiger partial charge < -0.3 is 0 Å². The molecule has 0 saturated heterocycles. The van der Waals surface area contributed by atoms with Gasteiger partial charge in [0.2, 0.25) is 13.4 Å². The van der Waals surface area contributed by atoms with E-state index in [1.54, 1.807) is 0 Å². The Hall–Kier alpha value is -7.41. The number of fused-ring (bicyclic) bond motifs is 6. The average molecular weight is 1010 g/mol. The number of hydrogen-bond acceptors (Lipinski definition) is 0. The lowest BCUT2D eigenvalue weighted by atomic mass is 9.32. The fourth-order valence-corrected chi connectivity index (χ4v) is 14.6. The highest BCUT2D eigenvalue weighted by atomic mass is 14.3. The second-order valence-corrected chi connectivity index (χ2v) is 23.6. The molecule has 0 aliphatic carbocycles. The molecule has 0 heterocycles. The van der Waals surface area contributed by atoms with Crippen molar-refractivity contribution < 1.29 is 0 Å². The van der Waals surface area contributed by atoms with E-state index in [0.29, 0.717) is 0 Å². The molecule has 386 valence electrons. The van der Waals surface area contributed by atoms with Crippen LogP contribution in [0.15, 0.2) is 133 Å². The van der Waals surface area contributed by atoms with E-state index >= 15 is 0 Å². The SMILES string of the molecule is Cc1c(C)c(C)c(B(c2ccc(B(c3c(C)c(C)c(-c4cc5ccccc5c5ccccc45)c(C)c3C)c3c(C)c(C)c(-c4cc5ccccc5c5ccccc45)c(C)c3C)cc2)c2c(C)c(C)c(C)c(C)c2C)c(C)c1C. The lowest BCUT2D eigenvalue weighted by molar-refractivity contribution is 1.19. The predicted octanol–water partition coefficient (Wildman–Crippen LogP) is 16.2. The third-order valence-corrected chi connectivity index (χ3v) is 20.3. The standard InChI is InChI=1S/C76H76B2/c1-41-43(3)51(11)73(52(12)44(41)4)77(74-53(13)45(5)42(2)46(6)54(74)14)61-35-37-62(38-36-61)78(75-55(15)47(7)71(48(8)56(75)16)69-39-59-27-19-21-29-63(59)65-31-23-25-33-67(65)69)76-57(17)49(9)72(50(10)58(76)18)70-40-60-28-20-22-30-64(60)66-32-24-26-34-68(66)70/h19-40H,1-18H3. The molecule has 0 aromatic heterocycles. The Morgan fingerprint density at radius 3 is 0.705 bits per heavy atom. The molecule has 0 amide bonds. The molecule has 0 aliphatic rings. The van der Waals surface area contributed by atoms with Gasteiger partial charge in [0.25, 0.3) is 0 Å². The zero-order valence-electron chi connectivity index (χ0n) is 49.9. The van der Waals surface area contributed by atoms with Crippen LogP contribution in [-0.2, 0) is 0 Å². The summed E-state index contributed by atoms with van der Waals surface area (Å²) in [5, 5.41) is 10.4. The summed E-state index contributed by atoms with van der Waals surface area (Å²) in [6, 6.07) is 50.8. The van der Waals surface area contributed by atoms with Crippen LogP contribution in [0.3, 0.4) is 0 Å². The van der Waals surface area contributed by atoms with Crippen molar-refractivity contribution in [3.8, 4) is 22.3 Å². The van der Waals surface area contributed by atoms with Crippen molar-refractivity contribution in [1.82, 2.24) is 0 Å². The molecular formula is C76H76B2. The fraction of sp³-hybridized carbons (Fsp3) is 0.237. The Kier molecular flexibility index (Phi) is 13.4. The molecule has 0 aliphatic heterocycles. The summed E-state index contributed by atoms with van der Waals surface area (Å²) in [4.78, 5) is 0. The maximum atomic E-state index is 2.52. The Balaban J connectivity index is 1.19. The van der Waals surface area contributed by atoms with Crippen LogP contribution in [0.2, 0.25) is 0 Å². The molecule has 0 atom stereocenters. The van der Waals surface area contributed by atoms with E-state index in [1.807, 2.05) is 0 Å². The fourth-order valence-electron chi connectivity index (χ4n) is 14.6. The highest BCUT2D eigenvalue weighted by Gasteiger charge is 2.36. The van der Waals surface area contributed by atoms with Gasteiger partial charge in [-0.2, -0.15) is 0 Å². The van der Waals surface area contributed by atoms with Crippen LogP contribution in [0.25, 0.3) is 65.3 Å². The average Bonchev–Trinajstić information content (AvgIpc) is 3.59. The van der Waals surface area contributed by atoms with Crippen molar-refractivity contribution in [3.63, 3.8) is 0 Å². The van der Waals surface area contributed by atoms with Gasteiger partial charge in [-0.05, 0) is 258 Å². The molecular weight excluding hydrogens is 934 g/mol. The monoisotopic (exact) mass is 1010 g/mol. The van der Waals surface area contributed by atoms with Crippen LogP contribution in [0.5, 0.6) is 0 Å². The highest BCUT2D eigenvalue weighted by Crippen LogP contribution is 2.42. The van der Waals surface area contributed by atoms with Crippen LogP contribution in [-0.4, -0.2) is 13.4 Å². The van der Waals surface area contributed by atoms with Crippen molar-refractivity contribution in [2.24, 2.45) is 0 Å². The van der Waals surface area contributed by atoms with Crippen molar-refractivity contribution in [2.75, 3.05) is 0 Å². The van der Waals surface area contributed by atoms with Crippen molar-refractivity contribution in [3.05, 3.63) is 234 Å². The smallest absolute Gasteiger partial charge is 0.0687 e. The summed E-state index contributed by atoms with van der Waals surface area (Å²) >= 11 is 0. The van der Waals surface area contributed by atoms with Crippen LogP contribution < -0.4 is 32.8 Å². The maximum absolute atomic E-state index is 2.52. The highest BCUT2D eigenvalue weighted by molar-refractivity contribution is 6.98. The van der Waals surface area contributed by atoms with Gasteiger partial charge in [0.15, 0.2) is 0 Å². The molecule has 0 radical (unpaired) electrons. The third-order valence-electron chi connectivity index (χ3n) is 20.3. The third kappa shape index (κ3) is 7.95. The Bertz CT molecular complexity index is 3960. The summed E-state index contributed by atoms with van der Waals surface area (Å²) in [5.41, 5.74) is 38.7. The van der Waals surface area contributed by atoms with E-state index < -0.39 is 0 Å². The van der Waals surface area contributed by atoms with Crippen molar-refractivity contribution >= 4 is 89.3 Å². The first-order valence-electron chi connectivity index (χ1n) is 28.5. The minimum Gasteiger partial charge on any atom is -0.0687 e. The molecule has 0 N–H and O–H groups in total. The van der Waals surface area contributed by atoms with E-state index in [9.17, 15) is 0 Å². The van der Waals surface area contributed by atoms with Gasteiger partial charge in [-0.15, -0.1) is 0 Å². The van der Waals surface area contributed by atoms with Gasteiger partial charge in [-0.25, -0.2) is 0 Å². The molecule has 78 heavy (non-hydrogen) atoms. The first-order chi connectivity index (χ1) is 37.3. The summed E-state index contributed by atoms with van der Waals surface area (Å²) in [6.07, 6.45) is 0. The molecule has 0 nitrogen and oxygen atoms in total. The maximum Gasteiger partial charge on any atom is 0.242 e. The van der Waals surface area contributed by atoms with E-state index in [1.165, 1.54) is 198 Å². The van der Waals surface area contributed by atoms with Crippen molar-refractivity contribution in [1.29, 1.82) is 0 Å². The summed E-state index contributed by atoms with van der Waals surface area (Å²) in [7, 11) is 0.